The molecule has 0 bridgehead atoms. The molecule has 5 rings (SSSR count). The van der Waals surface area contributed by atoms with Gasteiger partial charge in [-0.1, -0.05) is 65.2 Å². The van der Waals surface area contributed by atoms with E-state index in [2.05, 4.69) is 58.4 Å². The van der Waals surface area contributed by atoms with Gasteiger partial charge in [0, 0.05) is 31.9 Å². The van der Waals surface area contributed by atoms with Crippen LogP contribution in [0.2, 0.25) is 0 Å². The van der Waals surface area contributed by atoms with Crippen LogP contribution < -0.4 is 0 Å². The first kappa shape index (κ1) is 34.2. The van der Waals surface area contributed by atoms with E-state index in [1.807, 2.05) is 115 Å². The van der Waals surface area contributed by atoms with Crippen molar-refractivity contribution in [2.24, 2.45) is 0 Å². The molecule has 0 aliphatic carbocycles. The van der Waals surface area contributed by atoms with E-state index < -0.39 is 0 Å². The molecule has 40 heavy (non-hydrogen) atoms. The normalized spacial score (nSPS) is 9.10. The fourth-order valence-electron chi connectivity index (χ4n) is 3.65. The van der Waals surface area contributed by atoms with Crippen molar-refractivity contribution in [3.63, 3.8) is 0 Å². The number of hydrogen-bond acceptors (Lipinski definition) is 0. The molecule has 206 valence electrons. The van der Waals surface area contributed by atoms with Crippen LogP contribution in [0.3, 0.4) is 0 Å². The zero-order valence-electron chi connectivity index (χ0n) is 24.1. The maximum atomic E-state index is 4.76. The minimum absolute atomic E-state index is 0. The van der Waals surface area contributed by atoms with Crippen LogP contribution in [-0.4, -0.2) is 11.8 Å². The molecule has 0 radical (unpaired) electrons. The van der Waals surface area contributed by atoms with Crippen LogP contribution in [0, 0.1) is 41.5 Å². The van der Waals surface area contributed by atoms with Crippen molar-refractivity contribution in [1.29, 1.82) is 0 Å². The van der Waals surface area contributed by atoms with Gasteiger partial charge in [0.05, 0.1) is 0 Å². The number of aliphatic hydroxyl groups is 1. The molecular formula is C37H40HfNO-3. The maximum Gasteiger partial charge on any atom is 0.239 e. The number of ether oxygens (including phenoxy) is 1. The second-order valence-corrected chi connectivity index (χ2v) is 9.03. The summed E-state index contributed by atoms with van der Waals surface area (Å²) in [6, 6.07) is 41.9. The van der Waals surface area contributed by atoms with Crippen LogP contribution in [0.15, 0.2) is 127 Å². The van der Waals surface area contributed by atoms with Crippen LogP contribution in [0.25, 0.3) is 5.32 Å². The Morgan fingerprint density at radius 3 is 1.20 bits per heavy atom. The van der Waals surface area contributed by atoms with Crippen molar-refractivity contribution in [3.8, 4) is 5.75 Å². The van der Waals surface area contributed by atoms with Gasteiger partial charge in [-0.15, -0.1) is 42.1 Å². The summed E-state index contributed by atoms with van der Waals surface area (Å²) in [6.07, 6.45) is 0. The molecule has 0 unspecified atom stereocenters. The second-order valence-electron chi connectivity index (χ2n) is 9.03. The van der Waals surface area contributed by atoms with E-state index in [1.165, 1.54) is 16.7 Å². The van der Waals surface area contributed by atoms with Crippen molar-refractivity contribution < 1.29 is 30.6 Å². The number of para-hydroxylation sites is 2. The average molecular weight is 693 g/mol. The van der Waals surface area contributed by atoms with E-state index in [0.717, 1.165) is 33.8 Å². The van der Waals surface area contributed by atoms with Crippen molar-refractivity contribution >= 4 is 11.4 Å². The standard InChI is InChI=1S/C16H18NO.3C7H7.Hf/c1-11-9-12(2)16(13(3)10-11)17-14-7-5-6-8-15(14)18-4;3*1-7-5-3-2-4-6-7;/h5-10H,1-4H3;3*2-6H,1H2;/q4*-1;/p+1. The zero-order valence-corrected chi connectivity index (χ0v) is 27.7. The number of aromatic hydroxyl groups is 1. The van der Waals surface area contributed by atoms with Crippen molar-refractivity contribution in [2.45, 2.75) is 20.8 Å². The van der Waals surface area contributed by atoms with Gasteiger partial charge >= 0.3 is 0 Å². The summed E-state index contributed by atoms with van der Waals surface area (Å²) >= 11 is 0. The Morgan fingerprint density at radius 2 is 0.875 bits per heavy atom. The molecule has 5 aromatic carbocycles. The fourth-order valence-corrected chi connectivity index (χ4v) is 3.65. The summed E-state index contributed by atoms with van der Waals surface area (Å²) in [6.45, 7) is 17.5. The van der Waals surface area contributed by atoms with Crippen LogP contribution in [0.1, 0.15) is 33.4 Å². The van der Waals surface area contributed by atoms with Crippen LogP contribution in [0.4, 0.5) is 11.4 Å². The van der Waals surface area contributed by atoms with E-state index >= 15 is 0 Å². The number of aryl methyl sites for hydroxylation is 3. The SMILES string of the molecule is C[OH+]c1ccccc1[N-]c1c(C)cc(C)cc1C.[CH2-]c1ccccc1.[CH2-]c1ccccc1.[CH2-]c1ccccc1.[Hf]. The third-order valence-corrected chi connectivity index (χ3v) is 5.52. The van der Waals surface area contributed by atoms with Gasteiger partial charge in [0.15, 0.2) is 7.11 Å². The molecule has 0 spiro atoms. The van der Waals surface area contributed by atoms with E-state index in [0.29, 0.717) is 0 Å². The second kappa shape index (κ2) is 19.3. The number of rotatable bonds is 3. The van der Waals surface area contributed by atoms with Gasteiger partial charge in [-0.05, 0) is 26.5 Å². The molecule has 0 fully saturated rings. The Hall–Kier alpha value is -3.82. The van der Waals surface area contributed by atoms with E-state index in [4.69, 9.17) is 5.32 Å². The average Bonchev–Trinajstić information content (AvgIpc) is 2.93. The smallest absolute Gasteiger partial charge is 0.239 e. The third-order valence-electron chi connectivity index (χ3n) is 5.52. The summed E-state index contributed by atoms with van der Waals surface area (Å²) in [5, 5.41) is 4.76. The summed E-state index contributed by atoms with van der Waals surface area (Å²) in [5.74, 6) is 0.928. The maximum absolute atomic E-state index is 4.76. The largest absolute Gasteiger partial charge is 0.650 e. The van der Waals surface area contributed by atoms with Gasteiger partial charge in [-0.3, -0.25) is 0 Å². The van der Waals surface area contributed by atoms with Crippen molar-refractivity contribution in [2.75, 3.05) is 7.11 Å². The number of hydrogen-bond donors (Lipinski definition) is 0. The molecule has 5 aromatic rings. The van der Waals surface area contributed by atoms with Crippen LogP contribution >= 0.6 is 0 Å². The molecular weight excluding hydrogens is 653 g/mol. The monoisotopic (exact) mass is 694 g/mol. The molecule has 0 aliphatic rings. The molecule has 0 atom stereocenters. The third kappa shape index (κ3) is 13.3. The molecule has 0 heterocycles. The van der Waals surface area contributed by atoms with Gasteiger partial charge in [-0.2, -0.15) is 73.9 Å². The van der Waals surface area contributed by atoms with Gasteiger partial charge in [0.1, 0.15) is 0 Å². The minimum Gasteiger partial charge on any atom is -0.650 e. The van der Waals surface area contributed by atoms with Gasteiger partial charge in [-0.25, -0.2) is 0 Å². The molecule has 3 heteroatoms. The zero-order chi connectivity index (χ0) is 28.5. The molecule has 0 saturated carbocycles. The molecule has 2 nitrogen and oxygen atoms in total. The first-order chi connectivity index (χ1) is 18.8. The van der Waals surface area contributed by atoms with E-state index in [-0.39, 0.29) is 25.8 Å². The Morgan fingerprint density at radius 1 is 0.525 bits per heavy atom. The van der Waals surface area contributed by atoms with E-state index in [9.17, 15) is 0 Å². The van der Waals surface area contributed by atoms with E-state index in [1.54, 1.807) is 7.11 Å². The summed E-state index contributed by atoms with van der Waals surface area (Å²) < 4.78 is 4.25. The van der Waals surface area contributed by atoms with Crippen LogP contribution in [-0.2, 0) is 25.8 Å². The molecule has 1 N–H and O–H groups in total. The fraction of sp³-hybridized carbons (Fsp3) is 0.108. The number of benzene rings is 5. The summed E-state index contributed by atoms with van der Waals surface area (Å²) in [5.41, 5.74) is 8.88. The van der Waals surface area contributed by atoms with Gasteiger partial charge < -0.3 is 10.1 Å². The Labute approximate surface area is 261 Å². The Kier molecular flexibility index (Phi) is 16.5. The van der Waals surface area contributed by atoms with Gasteiger partial charge in [0.2, 0.25) is 5.75 Å². The summed E-state index contributed by atoms with van der Waals surface area (Å²) in [4.78, 5) is 0. The van der Waals surface area contributed by atoms with Crippen molar-refractivity contribution in [3.05, 3.63) is 187 Å². The molecule has 0 aliphatic heterocycles. The predicted octanol–water partition coefficient (Wildman–Crippen LogP) is 10.4. The van der Waals surface area contributed by atoms with Crippen LogP contribution in [0.5, 0.6) is 5.75 Å². The molecule has 0 saturated heterocycles. The Bertz CT molecular complexity index is 1240. The van der Waals surface area contributed by atoms with Crippen molar-refractivity contribution in [1.82, 2.24) is 0 Å². The summed E-state index contributed by atoms with van der Waals surface area (Å²) in [7, 11) is 1.79. The quantitative estimate of drug-likeness (QED) is 0.102. The molecule has 0 amide bonds. The topological polar surface area (TPSA) is 26.9 Å². The first-order valence-corrected chi connectivity index (χ1v) is 12.9. The first-order valence-electron chi connectivity index (χ1n) is 12.9. The minimum atomic E-state index is 0. The van der Waals surface area contributed by atoms with Gasteiger partial charge in [0.25, 0.3) is 0 Å². The molecule has 0 aromatic heterocycles. The number of nitrogens with zero attached hydrogens (tertiary/aromatic N) is 1. The predicted molar refractivity (Wildman–Crippen MR) is 170 cm³/mol. The Balaban J connectivity index is 0.000000300.